The number of hydrogen-bond donors (Lipinski definition) is 2. The van der Waals surface area contributed by atoms with E-state index in [2.05, 4.69) is 10.3 Å². The maximum Gasteiger partial charge on any atom is 0.257 e. The Morgan fingerprint density at radius 1 is 1.26 bits per heavy atom. The third-order valence-electron chi connectivity index (χ3n) is 4.72. The van der Waals surface area contributed by atoms with Gasteiger partial charge in [-0.2, -0.15) is 0 Å². The topological polar surface area (TPSA) is 44.9 Å². The van der Waals surface area contributed by atoms with Crippen LogP contribution in [0.3, 0.4) is 0 Å². The van der Waals surface area contributed by atoms with Gasteiger partial charge >= 0.3 is 0 Å². The number of aromatic nitrogens is 1. The van der Waals surface area contributed by atoms with Crippen molar-refractivity contribution in [3.05, 3.63) is 40.7 Å². The first-order chi connectivity index (χ1) is 9.27. The fraction of sp³-hybridized carbons (Fsp3) is 0.438. The first kappa shape index (κ1) is 11.1. The number of rotatable bonds is 4. The molecular weight excluding hydrogens is 236 g/mol. The van der Waals surface area contributed by atoms with Gasteiger partial charge in [-0.3, -0.25) is 4.79 Å². The highest BCUT2D eigenvalue weighted by Crippen LogP contribution is 2.61. The lowest BCUT2D eigenvalue weighted by Gasteiger charge is -2.16. The van der Waals surface area contributed by atoms with Gasteiger partial charge in [0.15, 0.2) is 0 Å². The lowest BCUT2D eigenvalue weighted by atomic mass is 10.0. The van der Waals surface area contributed by atoms with E-state index in [1.54, 1.807) is 0 Å². The molecule has 2 aromatic rings. The number of anilines is 1. The molecule has 0 bridgehead atoms. The lowest BCUT2D eigenvalue weighted by Crippen LogP contribution is -2.19. The molecule has 3 heteroatoms. The van der Waals surface area contributed by atoms with Gasteiger partial charge in [0.2, 0.25) is 0 Å². The largest absolute Gasteiger partial charge is 0.371 e. The van der Waals surface area contributed by atoms with E-state index in [0.29, 0.717) is 5.41 Å². The van der Waals surface area contributed by atoms with Crippen LogP contribution in [-0.4, -0.2) is 11.5 Å². The highest BCUT2D eigenvalue weighted by Gasteiger charge is 2.53. The van der Waals surface area contributed by atoms with Crippen molar-refractivity contribution in [2.75, 3.05) is 11.9 Å². The molecule has 2 saturated carbocycles. The van der Waals surface area contributed by atoms with Gasteiger partial charge in [-0.25, -0.2) is 0 Å². The third-order valence-corrected chi connectivity index (χ3v) is 4.72. The van der Waals surface area contributed by atoms with Crippen LogP contribution in [0.25, 0.3) is 10.8 Å². The Bertz CT molecular complexity index is 680. The molecule has 0 amide bonds. The van der Waals surface area contributed by atoms with Crippen molar-refractivity contribution in [3.63, 3.8) is 0 Å². The number of aromatic amines is 1. The molecule has 98 valence electrons. The Kier molecular flexibility index (Phi) is 2.25. The zero-order valence-electron chi connectivity index (χ0n) is 10.9. The summed E-state index contributed by atoms with van der Waals surface area (Å²) in [5, 5.41) is 5.21. The maximum absolute atomic E-state index is 12.0. The Labute approximate surface area is 112 Å². The molecular formula is C16H18N2O. The second-order valence-corrected chi connectivity index (χ2v) is 6.09. The van der Waals surface area contributed by atoms with E-state index in [1.807, 2.05) is 30.3 Å². The Morgan fingerprint density at radius 2 is 2.05 bits per heavy atom. The highest BCUT2D eigenvalue weighted by atomic mass is 16.1. The van der Waals surface area contributed by atoms with E-state index in [0.717, 1.165) is 29.1 Å². The predicted molar refractivity (Wildman–Crippen MR) is 77.4 cm³/mol. The predicted octanol–water partition coefficient (Wildman–Crippen LogP) is 3.13. The summed E-state index contributed by atoms with van der Waals surface area (Å²) in [5.74, 6) is 1.79. The van der Waals surface area contributed by atoms with Crippen molar-refractivity contribution >= 4 is 16.6 Å². The summed E-state index contributed by atoms with van der Waals surface area (Å²) in [6.45, 7) is 1.01. The van der Waals surface area contributed by atoms with Crippen molar-refractivity contribution < 1.29 is 0 Å². The molecule has 3 nitrogen and oxygen atoms in total. The van der Waals surface area contributed by atoms with Gasteiger partial charge in [-0.1, -0.05) is 18.2 Å². The number of hydrogen-bond acceptors (Lipinski definition) is 2. The molecule has 1 heterocycles. The quantitative estimate of drug-likeness (QED) is 0.880. The van der Waals surface area contributed by atoms with Crippen molar-refractivity contribution in [1.29, 1.82) is 0 Å². The third kappa shape index (κ3) is 1.93. The molecule has 0 unspecified atom stereocenters. The van der Waals surface area contributed by atoms with Crippen LogP contribution in [0.5, 0.6) is 0 Å². The average molecular weight is 254 g/mol. The summed E-state index contributed by atoms with van der Waals surface area (Å²) in [6.07, 6.45) is 5.50. The molecule has 19 heavy (non-hydrogen) atoms. The number of pyridine rings is 1. The van der Waals surface area contributed by atoms with E-state index in [4.69, 9.17) is 0 Å². The Hall–Kier alpha value is -1.77. The van der Waals surface area contributed by atoms with Gasteiger partial charge in [-0.15, -0.1) is 0 Å². The normalized spacial score (nSPS) is 20.4. The maximum atomic E-state index is 12.0. The minimum absolute atomic E-state index is 0.00290. The summed E-state index contributed by atoms with van der Waals surface area (Å²) in [4.78, 5) is 14.9. The summed E-state index contributed by atoms with van der Waals surface area (Å²) < 4.78 is 0. The minimum atomic E-state index is -0.00290. The molecule has 0 saturated heterocycles. The molecule has 0 spiro atoms. The Morgan fingerprint density at radius 3 is 2.79 bits per heavy atom. The van der Waals surface area contributed by atoms with Crippen LogP contribution < -0.4 is 10.9 Å². The first-order valence-electron chi connectivity index (χ1n) is 7.13. The van der Waals surface area contributed by atoms with E-state index in [-0.39, 0.29) is 5.56 Å². The van der Waals surface area contributed by atoms with Crippen LogP contribution in [0.15, 0.2) is 35.1 Å². The number of fused-ring (bicyclic) bond motifs is 1. The van der Waals surface area contributed by atoms with Crippen molar-refractivity contribution in [2.24, 2.45) is 11.3 Å². The lowest BCUT2D eigenvalue weighted by molar-refractivity contribution is 0.466. The first-order valence-corrected chi connectivity index (χ1v) is 7.13. The smallest absolute Gasteiger partial charge is 0.257 e. The molecule has 1 aromatic carbocycles. The Balaban J connectivity index is 1.59. The summed E-state index contributed by atoms with van der Waals surface area (Å²) in [5.41, 5.74) is 0.541. The van der Waals surface area contributed by atoms with Gasteiger partial charge in [0.25, 0.3) is 5.56 Å². The van der Waals surface area contributed by atoms with Crippen LogP contribution >= 0.6 is 0 Å². The SMILES string of the molecule is O=c1[nH]c(NCC2(C3CC3)CC2)cc2ccccc12. The fourth-order valence-electron chi connectivity index (χ4n) is 3.16. The van der Waals surface area contributed by atoms with E-state index < -0.39 is 0 Å². The van der Waals surface area contributed by atoms with E-state index in [1.165, 1.54) is 25.7 Å². The fourth-order valence-corrected chi connectivity index (χ4v) is 3.16. The van der Waals surface area contributed by atoms with Crippen LogP contribution in [0, 0.1) is 11.3 Å². The number of benzene rings is 1. The standard InChI is InChI=1S/C16H18N2O/c19-15-13-4-2-1-3-11(13)9-14(18-15)17-10-16(7-8-16)12-5-6-12/h1-4,9,12H,5-8,10H2,(H2,17,18,19). The van der Waals surface area contributed by atoms with Crippen LogP contribution in [0.4, 0.5) is 5.82 Å². The highest BCUT2D eigenvalue weighted by molar-refractivity contribution is 5.83. The zero-order valence-corrected chi connectivity index (χ0v) is 10.9. The van der Waals surface area contributed by atoms with Gasteiger partial charge in [-0.05, 0) is 54.5 Å². The van der Waals surface area contributed by atoms with Crippen molar-refractivity contribution in [1.82, 2.24) is 4.98 Å². The van der Waals surface area contributed by atoms with Gasteiger partial charge < -0.3 is 10.3 Å². The monoisotopic (exact) mass is 254 g/mol. The van der Waals surface area contributed by atoms with Gasteiger partial charge in [0.1, 0.15) is 5.82 Å². The molecule has 1 aromatic heterocycles. The van der Waals surface area contributed by atoms with Crippen molar-refractivity contribution in [3.8, 4) is 0 Å². The summed E-state index contributed by atoms with van der Waals surface area (Å²) in [6, 6.07) is 9.77. The second kappa shape index (κ2) is 3.86. The minimum Gasteiger partial charge on any atom is -0.371 e. The molecule has 0 atom stereocenters. The van der Waals surface area contributed by atoms with Crippen LogP contribution in [0.1, 0.15) is 25.7 Å². The van der Waals surface area contributed by atoms with E-state index >= 15 is 0 Å². The molecule has 0 aliphatic heterocycles. The zero-order chi connectivity index (χ0) is 12.9. The summed E-state index contributed by atoms with van der Waals surface area (Å²) in [7, 11) is 0. The molecule has 0 radical (unpaired) electrons. The van der Waals surface area contributed by atoms with Crippen LogP contribution in [0.2, 0.25) is 0 Å². The molecule has 4 rings (SSSR count). The molecule has 2 aliphatic rings. The van der Waals surface area contributed by atoms with Crippen LogP contribution in [-0.2, 0) is 0 Å². The van der Waals surface area contributed by atoms with Gasteiger partial charge in [0.05, 0.1) is 0 Å². The number of H-pyrrole nitrogens is 1. The van der Waals surface area contributed by atoms with E-state index in [9.17, 15) is 4.79 Å². The summed E-state index contributed by atoms with van der Waals surface area (Å²) >= 11 is 0. The number of nitrogens with one attached hydrogen (secondary N) is 2. The second-order valence-electron chi connectivity index (χ2n) is 6.09. The van der Waals surface area contributed by atoms with Gasteiger partial charge in [0, 0.05) is 11.9 Å². The average Bonchev–Trinajstić information content (AvgIpc) is 3.27. The molecule has 2 fully saturated rings. The molecule has 2 N–H and O–H groups in total. The van der Waals surface area contributed by atoms with Crippen molar-refractivity contribution in [2.45, 2.75) is 25.7 Å². The molecule has 2 aliphatic carbocycles.